The number of nitrogens with one attached hydrogen (secondary N) is 2. The Morgan fingerprint density at radius 3 is 2.28 bits per heavy atom. The Morgan fingerprint density at radius 2 is 1.72 bits per heavy atom. The van der Waals surface area contributed by atoms with Crippen LogP contribution in [0.3, 0.4) is 0 Å². The zero-order valence-corrected chi connectivity index (χ0v) is 35.7. The number of hydrogen-bond donors (Lipinski definition) is 3. The molecule has 20 nitrogen and oxygen atoms in total. The third-order valence-electron chi connectivity index (χ3n) is 9.47. The van der Waals surface area contributed by atoms with Gasteiger partial charge in [-0.2, -0.15) is 4.98 Å². The smallest absolute Gasteiger partial charge is 0.352 e. The SMILES string of the molecule is CS[C@@]1(NC(=O)C(NC(=O)N2CCN(S(C)(=O)=O)C2=O)c2csnn2)C(=O)N2C(C(=O)O)=C(CSc3nc(=O)c(OC(c4ccccc4)c4ccccc4)nn3C)CS[C@@H]21. The van der Waals surface area contributed by atoms with Gasteiger partial charge < -0.3 is 20.5 Å². The number of sulfonamides is 1. The number of urea groups is 2. The third kappa shape index (κ3) is 8.18. The lowest BCUT2D eigenvalue weighted by Crippen LogP contribution is -2.78. The zero-order chi connectivity index (χ0) is 42.9. The first kappa shape index (κ1) is 42.6. The number of carbonyl (C=O) groups excluding carboxylic acids is 4. The number of amides is 6. The first-order valence-corrected chi connectivity index (χ1v) is 23.6. The minimum atomic E-state index is -3.96. The Bertz CT molecular complexity index is 2510. The quantitative estimate of drug-likeness (QED) is 0.0927. The number of aliphatic carboxylic acids is 1. The lowest BCUT2D eigenvalue weighted by molar-refractivity contribution is -0.153. The zero-order valence-electron chi connectivity index (χ0n) is 31.7. The molecule has 4 aromatic rings. The fourth-order valence-electron chi connectivity index (χ4n) is 6.57. The number of rotatable bonds is 14. The molecule has 3 atom stereocenters. The molecule has 314 valence electrons. The summed E-state index contributed by atoms with van der Waals surface area (Å²) in [4.78, 5) is 84.1. The van der Waals surface area contributed by atoms with Gasteiger partial charge in [0.25, 0.3) is 11.8 Å². The van der Waals surface area contributed by atoms with Gasteiger partial charge >= 0.3 is 29.5 Å². The number of hydrogen-bond acceptors (Lipinski definition) is 17. The fraction of sp³-hybridized carbons (Fsp3) is 0.314. The van der Waals surface area contributed by atoms with E-state index in [4.69, 9.17) is 4.74 Å². The van der Waals surface area contributed by atoms with Crippen molar-refractivity contribution in [2.24, 2.45) is 7.05 Å². The van der Waals surface area contributed by atoms with Crippen molar-refractivity contribution in [3.63, 3.8) is 0 Å². The molecule has 0 aliphatic carbocycles. The van der Waals surface area contributed by atoms with Crippen LogP contribution in [0.5, 0.6) is 5.88 Å². The number of benzene rings is 2. The van der Waals surface area contributed by atoms with Crippen molar-refractivity contribution in [1.82, 2.24) is 49.1 Å². The second-order valence-electron chi connectivity index (χ2n) is 13.2. The summed E-state index contributed by atoms with van der Waals surface area (Å²) in [6, 6.07) is 14.9. The van der Waals surface area contributed by atoms with Crippen LogP contribution in [0.25, 0.3) is 0 Å². The molecular formula is C35H34N10O10S5. The molecule has 60 heavy (non-hydrogen) atoms. The highest BCUT2D eigenvalue weighted by Gasteiger charge is 2.66. The van der Waals surface area contributed by atoms with Crippen molar-refractivity contribution in [2.45, 2.75) is 27.5 Å². The Balaban J connectivity index is 1.07. The molecule has 2 saturated heterocycles. The largest absolute Gasteiger partial charge is 0.477 e. The molecule has 0 bridgehead atoms. The van der Waals surface area contributed by atoms with Gasteiger partial charge in [0.15, 0.2) is 22.2 Å². The molecule has 6 amide bonds. The Labute approximate surface area is 358 Å². The molecule has 2 aromatic heterocycles. The molecule has 1 unspecified atom stereocenters. The van der Waals surface area contributed by atoms with Crippen LogP contribution in [0.1, 0.15) is 29.0 Å². The van der Waals surface area contributed by atoms with E-state index in [2.05, 4.69) is 30.3 Å². The second kappa shape index (κ2) is 17.2. The minimum absolute atomic E-state index is 0.0134. The lowest BCUT2D eigenvalue weighted by atomic mass is 10.0. The summed E-state index contributed by atoms with van der Waals surface area (Å²) in [6.45, 7) is -0.559. The molecule has 25 heteroatoms. The summed E-state index contributed by atoms with van der Waals surface area (Å²) >= 11 is 4.07. The summed E-state index contributed by atoms with van der Waals surface area (Å²) in [5.41, 5.74) is 0.884. The average molecular weight is 915 g/mol. The molecule has 3 N–H and O–H groups in total. The molecule has 0 saturated carbocycles. The third-order valence-corrected chi connectivity index (χ3v) is 14.9. The Hall–Kier alpha value is -5.50. The van der Waals surface area contributed by atoms with Gasteiger partial charge in [-0.05, 0) is 34.5 Å². The van der Waals surface area contributed by atoms with E-state index in [1.165, 1.54) is 21.8 Å². The number of carboxylic acid groups (broad SMARTS) is 1. The van der Waals surface area contributed by atoms with Crippen LogP contribution in [-0.4, -0.2) is 129 Å². The van der Waals surface area contributed by atoms with Gasteiger partial charge in [0.2, 0.25) is 10.0 Å². The molecule has 5 heterocycles. The Kier molecular flexibility index (Phi) is 12.2. The maximum Gasteiger partial charge on any atom is 0.352 e. The van der Waals surface area contributed by atoms with Gasteiger partial charge in [0.1, 0.15) is 16.8 Å². The van der Waals surface area contributed by atoms with E-state index in [-0.39, 0.29) is 47.0 Å². The number of ether oxygens (including phenoxy) is 1. The topological polar surface area (TPSA) is 256 Å². The van der Waals surface area contributed by atoms with E-state index in [0.29, 0.717) is 14.8 Å². The fourth-order valence-corrected chi connectivity index (χ4v) is 11.5. The van der Waals surface area contributed by atoms with Crippen molar-refractivity contribution >= 4 is 86.7 Å². The first-order chi connectivity index (χ1) is 28.6. The van der Waals surface area contributed by atoms with Gasteiger partial charge in [0.05, 0.1) is 19.3 Å². The molecule has 2 aromatic carbocycles. The van der Waals surface area contributed by atoms with E-state index in [1.54, 1.807) is 13.3 Å². The number of nitrogens with zero attached hydrogens (tertiary/aromatic N) is 8. The molecule has 3 aliphatic rings. The van der Waals surface area contributed by atoms with Crippen molar-refractivity contribution in [1.29, 1.82) is 0 Å². The summed E-state index contributed by atoms with van der Waals surface area (Å²) in [5, 5.41) is 24.3. The van der Waals surface area contributed by atoms with Gasteiger partial charge in [-0.25, -0.2) is 36.7 Å². The molecule has 0 radical (unpaired) electrons. The Morgan fingerprint density at radius 1 is 1.05 bits per heavy atom. The lowest BCUT2D eigenvalue weighted by Gasteiger charge is -2.56. The molecule has 0 spiro atoms. The highest BCUT2D eigenvalue weighted by molar-refractivity contribution is 8.05. The predicted molar refractivity (Wildman–Crippen MR) is 220 cm³/mol. The van der Waals surface area contributed by atoms with Crippen molar-refractivity contribution in [2.75, 3.05) is 37.1 Å². The van der Waals surface area contributed by atoms with Gasteiger partial charge in [0, 0.05) is 23.9 Å². The number of carboxylic acids is 1. The second-order valence-corrected chi connectivity index (χ2v) is 18.8. The number of β-lactam (4-membered cyclic amide) rings is 1. The van der Waals surface area contributed by atoms with Crippen LogP contribution in [-0.2, 0) is 31.5 Å². The molecule has 7 rings (SSSR count). The van der Waals surface area contributed by atoms with E-state index in [9.17, 15) is 42.3 Å². The highest BCUT2D eigenvalue weighted by atomic mass is 32.2. The summed E-state index contributed by atoms with van der Waals surface area (Å²) in [5.74, 6) is -3.17. The number of fused-ring (bicyclic) bond motifs is 1. The summed E-state index contributed by atoms with van der Waals surface area (Å²) in [6.07, 6.45) is 1.73. The molecule has 2 fully saturated rings. The van der Waals surface area contributed by atoms with Gasteiger partial charge in [-0.1, -0.05) is 76.9 Å². The van der Waals surface area contributed by atoms with Gasteiger partial charge in [-0.15, -0.1) is 33.7 Å². The summed E-state index contributed by atoms with van der Waals surface area (Å²) < 4.78 is 35.8. The van der Waals surface area contributed by atoms with Crippen LogP contribution in [0.2, 0.25) is 0 Å². The molecule has 3 aliphatic heterocycles. The van der Waals surface area contributed by atoms with E-state index in [1.807, 2.05) is 60.7 Å². The van der Waals surface area contributed by atoms with Gasteiger partial charge in [-0.3, -0.25) is 19.3 Å². The van der Waals surface area contributed by atoms with Crippen LogP contribution < -0.4 is 20.9 Å². The highest BCUT2D eigenvalue weighted by Crippen LogP contribution is 2.51. The van der Waals surface area contributed by atoms with Crippen molar-refractivity contribution in [3.05, 3.63) is 104 Å². The van der Waals surface area contributed by atoms with E-state index < -0.39 is 67.8 Å². The van der Waals surface area contributed by atoms with E-state index >= 15 is 0 Å². The average Bonchev–Trinajstić information content (AvgIpc) is 3.92. The minimum Gasteiger partial charge on any atom is -0.477 e. The van der Waals surface area contributed by atoms with Crippen molar-refractivity contribution < 1.29 is 42.2 Å². The normalized spacial score (nSPS) is 19.5. The monoisotopic (exact) mass is 914 g/mol. The number of carbonyl (C=O) groups is 5. The summed E-state index contributed by atoms with van der Waals surface area (Å²) in [7, 11) is -2.39. The number of aryl methyl sites for hydroxylation is 1. The maximum atomic E-state index is 14.0. The number of aromatic nitrogens is 5. The molecular weight excluding hydrogens is 881 g/mol. The van der Waals surface area contributed by atoms with Crippen LogP contribution in [0.15, 0.2) is 87.3 Å². The standard InChI is InChI=1S/C35H34N10O10S5/c1-42-33(37-27(47)28(40-42)55-25(19-10-6-4-7-11-19)20-12-8-5-9-13-20)58-17-21-16-57-31-35(56-2,30(50)45(31)24(21)29(48)49)38-26(46)23(22-18-59-41-39-22)36-32(51)43-14-15-44(34(43)52)60(3,53)54/h4-13,18,23,25,31H,14-17H2,1-3H3,(H,36,51)(H,38,46)(H,48,49)/t23?,31-,35+/m1/s1. The van der Waals surface area contributed by atoms with Crippen LogP contribution in [0.4, 0.5) is 9.59 Å². The van der Waals surface area contributed by atoms with Crippen LogP contribution >= 0.6 is 46.8 Å². The maximum absolute atomic E-state index is 14.0. The first-order valence-electron chi connectivity index (χ1n) is 17.6. The van der Waals surface area contributed by atoms with E-state index in [0.717, 1.165) is 57.3 Å². The number of imide groups is 1. The van der Waals surface area contributed by atoms with Crippen molar-refractivity contribution in [3.8, 4) is 5.88 Å². The predicted octanol–water partition coefficient (Wildman–Crippen LogP) is 1.86. The van der Waals surface area contributed by atoms with Crippen LogP contribution in [0, 0.1) is 0 Å². The number of thioether (sulfide) groups is 3.